The lowest BCUT2D eigenvalue weighted by molar-refractivity contribution is -0.175. The minimum absolute atomic E-state index is 0.0701. The van der Waals surface area contributed by atoms with Crippen molar-refractivity contribution in [1.29, 1.82) is 0 Å². The molecule has 0 bridgehead atoms. The average molecular weight is 273 g/mol. The fourth-order valence-corrected chi connectivity index (χ4v) is 2.31. The molecule has 106 valence electrons. The normalized spacial score (nSPS) is 18.1. The average Bonchev–Trinajstić information content (AvgIpc) is 2.27. The van der Waals surface area contributed by atoms with Gasteiger partial charge in [0.25, 0.3) is 0 Å². The zero-order valence-corrected chi connectivity index (χ0v) is 10.9. The first kappa shape index (κ1) is 14.3. The number of rotatable bonds is 5. The summed E-state index contributed by atoms with van der Waals surface area (Å²) in [6.45, 7) is 2.58. The SMILES string of the molecule is Cc1ccc(C2(CCOCC(F)(F)F)CNC2)cc1. The van der Waals surface area contributed by atoms with Gasteiger partial charge in [-0.3, -0.25) is 0 Å². The summed E-state index contributed by atoms with van der Waals surface area (Å²) in [5.74, 6) is 0. The molecule has 1 aliphatic rings. The Balaban J connectivity index is 1.90. The van der Waals surface area contributed by atoms with Crippen molar-refractivity contribution in [2.75, 3.05) is 26.3 Å². The number of ether oxygens (including phenoxy) is 1. The van der Waals surface area contributed by atoms with E-state index in [1.165, 1.54) is 11.1 Å². The maximum atomic E-state index is 12.0. The Hall–Kier alpha value is -1.07. The Bertz CT molecular complexity index is 410. The van der Waals surface area contributed by atoms with Crippen LogP contribution >= 0.6 is 0 Å². The molecule has 0 aliphatic carbocycles. The highest BCUT2D eigenvalue weighted by molar-refractivity contribution is 5.32. The molecule has 1 heterocycles. The van der Waals surface area contributed by atoms with Gasteiger partial charge in [-0.15, -0.1) is 0 Å². The maximum Gasteiger partial charge on any atom is 0.411 e. The van der Waals surface area contributed by atoms with Gasteiger partial charge in [0.2, 0.25) is 0 Å². The molecular formula is C14H18F3NO. The number of hydrogen-bond acceptors (Lipinski definition) is 2. The highest BCUT2D eigenvalue weighted by Gasteiger charge is 2.38. The minimum atomic E-state index is -4.24. The molecule has 0 radical (unpaired) electrons. The van der Waals surface area contributed by atoms with Crippen molar-refractivity contribution in [3.63, 3.8) is 0 Å². The smallest absolute Gasteiger partial charge is 0.372 e. The standard InChI is InChI=1S/C14H18F3NO/c1-11-2-4-12(5-3-11)13(8-18-9-13)6-7-19-10-14(15,16)17/h2-5,18H,6-10H2,1H3. The van der Waals surface area contributed by atoms with Crippen molar-refractivity contribution in [2.45, 2.75) is 24.9 Å². The molecule has 2 nitrogen and oxygen atoms in total. The largest absolute Gasteiger partial charge is 0.411 e. The summed E-state index contributed by atoms with van der Waals surface area (Å²) in [4.78, 5) is 0. The molecule has 2 rings (SSSR count). The monoisotopic (exact) mass is 273 g/mol. The summed E-state index contributed by atoms with van der Waals surface area (Å²) < 4.78 is 40.7. The third kappa shape index (κ3) is 3.70. The predicted molar refractivity (Wildman–Crippen MR) is 67.2 cm³/mol. The molecule has 0 amide bonds. The van der Waals surface area contributed by atoms with Gasteiger partial charge < -0.3 is 10.1 Å². The lowest BCUT2D eigenvalue weighted by atomic mass is 9.73. The van der Waals surface area contributed by atoms with E-state index in [0.717, 1.165) is 13.1 Å². The Labute approximate surface area is 111 Å². The van der Waals surface area contributed by atoms with Crippen LogP contribution in [0.3, 0.4) is 0 Å². The van der Waals surface area contributed by atoms with Gasteiger partial charge in [0, 0.05) is 25.1 Å². The first-order chi connectivity index (χ1) is 8.91. The van der Waals surface area contributed by atoms with Crippen molar-refractivity contribution < 1.29 is 17.9 Å². The highest BCUT2D eigenvalue weighted by Crippen LogP contribution is 2.32. The van der Waals surface area contributed by atoms with Crippen LogP contribution in [-0.4, -0.2) is 32.5 Å². The Morgan fingerprint density at radius 2 is 1.84 bits per heavy atom. The van der Waals surface area contributed by atoms with Crippen molar-refractivity contribution in [2.24, 2.45) is 0 Å². The second-order valence-electron chi connectivity index (χ2n) is 5.17. The summed E-state index contributed by atoms with van der Waals surface area (Å²) in [5.41, 5.74) is 2.28. The fraction of sp³-hybridized carbons (Fsp3) is 0.571. The molecular weight excluding hydrogens is 255 g/mol. The number of alkyl halides is 3. The fourth-order valence-electron chi connectivity index (χ4n) is 2.31. The molecule has 1 N–H and O–H groups in total. The van der Waals surface area contributed by atoms with Gasteiger partial charge in [-0.05, 0) is 18.9 Å². The van der Waals surface area contributed by atoms with E-state index in [9.17, 15) is 13.2 Å². The van der Waals surface area contributed by atoms with E-state index < -0.39 is 12.8 Å². The van der Waals surface area contributed by atoms with E-state index in [1.54, 1.807) is 0 Å². The van der Waals surface area contributed by atoms with Gasteiger partial charge in [0.15, 0.2) is 0 Å². The van der Waals surface area contributed by atoms with E-state index in [-0.39, 0.29) is 12.0 Å². The quantitative estimate of drug-likeness (QED) is 0.833. The first-order valence-corrected chi connectivity index (χ1v) is 6.34. The lowest BCUT2D eigenvalue weighted by Crippen LogP contribution is -2.57. The third-order valence-corrected chi connectivity index (χ3v) is 3.58. The van der Waals surface area contributed by atoms with Crippen LogP contribution in [0, 0.1) is 6.92 Å². The predicted octanol–water partition coefficient (Wildman–Crippen LogP) is 2.81. The van der Waals surface area contributed by atoms with Gasteiger partial charge in [-0.2, -0.15) is 13.2 Å². The summed E-state index contributed by atoms with van der Waals surface area (Å²) in [6.07, 6.45) is -3.63. The zero-order valence-electron chi connectivity index (χ0n) is 10.9. The van der Waals surface area contributed by atoms with Gasteiger partial charge in [-0.1, -0.05) is 29.8 Å². The van der Waals surface area contributed by atoms with Crippen LogP contribution in [-0.2, 0) is 10.2 Å². The number of hydrogen-bond donors (Lipinski definition) is 1. The molecule has 1 aromatic rings. The number of benzene rings is 1. The van der Waals surface area contributed by atoms with Crippen LogP contribution in [0.4, 0.5) is 13.2 Å². The molecule has 19 heavy (non-hydrogen) atoms. The molecule has 1 aliphatic heterocycles. The van der Waals surface area contributed by atoms with Gasteiger partial charge >= 0.3 is 6.18 Å². The minimum Gasteiger partial charge on any atom is -0.372 e. The highest BCUT2D eigenvalue weighted by atomic mass is 19.4. The van der Waals surface area contributed by atoms with Crippen LogP contribution in [0.5, 0.6) is 0 Å². The van der Waals surface area contributed by atoms with E-state index in [1.807, 2.05) is 19.1 Å². The Morgan fingerprint density at radius 3 is 2.32 bits per heavy atom. The van der Waals surface area contributed by atoms with Crippen LogP contribution < -0.4 is 5.32 Å². The van der Waals surface area contributed by atoms with Gasteiger partial charge in [0.05, 0.1) is 0 Å². The molecule has 0 spiro atoms. The molecule has 1 aromatic carbocycles. The van der Waals surface area contributed by atoms with Crippen LogP contribution in [0.15, 0.2) is 24.3 Å². The van der Waals surface area contributed by atoms with Crippen molar-refractivity contribution in [3.05, 3.63) is 35.4 Å². The Kier molecular flexibility index (Phi) is 4.16. The zero-order chi connectivity index (χ0) is 13.9. The van der Waals surface area contributed by atoms with E-state index in [2.05, 4.69) is 17.4 Å². The van der Waals surface area contributed by atoms with Crippen molar-refractivity contribution in [3.8, 4) is 0 Å². The maximum absolute atomic E-state index is 12.0. The molecule has 0 unspecified atom stereocenters. The first-order valence-electron chi connectivity index (χ1n) is 6.34. The number of halogens is 3. The summed E-state index contributed by atoms with van der Waals surface area (Å²) >= 11 is 0. The second kappa shape index (κ2) is 5.51. The second-order valence-corrected chi connectivity index (χ2v) is 5.17. The molecule has 0 aromatic heterocycles. The van der Waals surface area contributed by atoms with Crippen molar-refractivity contribution >= 4 is 0 Å². The molecule has 0 atom stereocenters. The molecule has 0 saturated carbocycles. The van der Waals surface area contributed by atoms with Crippen LogP contribution in [0.1, 0.15) is 17.5 Å². The molecule has 1 saturated heterocycles. The summed E-state index contributed by atoms with van der Waals surface area (Å²) in [6, 6.07) is 8.18. The van der Waals surface area contributed by atoms with Gasteiger partial charge in [-0.25, -0.2) is 0 Å². The van der Waals surface area contributed by atoms with Crippen LogP contribution in [0.25, 0.3) is 0 Å². The van der Waals surface area contributed by atoms with Crippen LogP contribution in [0.2, 0.25) is 0 Å². The van der Waals surface area contributed by atoms with E-state index in [4.69, 9.17) is 4.74 Å². The molecule has 5 heteroatoms. The number of nitrogens with one attached hydrogen (secondary N) is 1. The molecule has 1 fully saturated rings. The third-order valence-electron chi connectivity index (χ3n) is 3.58. The van der Waals surface area contributed by atoms with Gasteiger partial charge in [0.1, 0.15) is 6.61 Å². The lowest BCUT2D eigenvalue weighted by Gasteiger charge is -2.43. The van der Waals surface area contributed by atoms with E-state index in [0.29, 0.717) is 6.42 Å². The van der Waals surface area contributed by atoms with E-state index >= 15 is 0 Å². The number of aryl methyl sites for hydroxylation is 1. The van der Waals surface area contributed by atoms with Crippen molar-refractivity contribution in [1.82, 2.24) is 5.32 Å². The summed E-state index contributed by atoms with van der Waals surface area (Å²) in [7, 11) is 0. The summed E-state index contributed by atoms with van der Waals surface area (Å²) in [5, 5.41) is 3.19. The topological polar surface area (TPSA) is 21.3 Å². The Morgan fingerprint density at radius 1 is 1.21 bits per heavy atom.